The summed E-state index contributed by atoms with van der Waals surface area (Å²) in [7, 11) is 0. The highest BCUT2D eigenvalue weighted by atomic mass is 16.4. The summed E-state index contributed by atoms with van der Waals surface area (Å²) >= 11 is 0. The van der Waals surface area contributed by atoms with Crippen LogP contribution in [0.4, 0.5) is 0 Å². The molecule has 1 N–H and O–H groups in total. The topological polar surface area (TPSA) is 63.3 Å². The fraction of sp³-hybridized carbons (Fsp3) is 0.0435. The standard InChI is InChI=1S/C23H17NO3/c1-15-2-13-21-20(14-15)24-22(27-21)18-9-5-16(6-10-18)3-4-17-7-11-19(12-8-17)23(25)26/h2-14H,1H3,(H,25,26)/b4-3+. The summed E-state index contributed by atoms with van der Waals surface area (Å²) in [6.07, 6.45) is 3.93. The first-order valence-corrected chi connectivity index (χ1v) is 8.57. The highest BCUT2D eigenvalue weighted by molar-refractivity contribution is 5.88. The summed E-state index contributed by atoms with van der Waals surface area (Å²) in [6, 6.07) is 20.7. The van der Waals surface area contributed by atoms with E-state index in [0.717, 1.165) is 33.4 Å². The van der Waals surface area contributed by atoms with E-state index >= 15 is 0 Å². The Kier molecular flexibility index (Phi) is 4.30. The van der Waals surface area contributed by atoms with Crippen molar-refractivity contribution < 1.29 is 14.3 Å². The van der Waals surface area contributed by atoms with Gasteiger partial charge in [-0.3, -0.25) is 0 Å². The molecule has 4 nitrogen and oxygen atoms in total. The third-order valence-corrected chi connectivity index (χ3v) is 4.33. The Bertz CT molecular complexity index is 1140. The van der Waals surface area contributed by atoms with Crippen LogP contribution in [0.25, 0.3) is 34.7 Å². The first kappa shape index (κ1) is 16.8. The van der Waals surface area contributed by atoms with Crippen LogP contribution in [-0.4, -0.2) is 16.1 Å². The monoisotopic (exact) mass is 355 g/mol. The van der Waals surface area contributed by atoms with E-state index in [0.29, 0.717) is 5.89 Å². The summed E-state index contributed by atoms with van der Waals surface area (Å²) in [5.74, 6) is -0.314. The van der Waals surface area contributed by atoms with Gasteiger partial charge in [0.1, 0.15) is 5.52 Å². The number of nitrogens with zero attached hydrogens (tertiary/aromatic N) is 1. The average Bonchev–Trinajstić information content (AvgIpc) is 3.10. The van der Waals surface area contributed by atoms with Crippen LogP contribution < -0.4 is 0 Å². The molecule has 3 aromatic carbocycles. The predicted molar refractivity (Wildman–Crippen MR) is 107 cm³/mol. The molecule has 0 bridgehead atoms. The van der Waals surface area contributed by atoms with Crippen LogP contribution in [0.5, 0.6) is 0 Å². The number of carboxylic acids is 1. The quantitative estimate of drug-likeness (QED) is 0.479. The molecule has 0 unspecified atom stereocenters. The highest BCUT2D eigenvalue weighted by Crippen LogP contribution is 2.25. The van der Waals surface area contributed by atoms with Gasteiger partial charge in [-0.25, -0.2) is 9.78 Å². The molecule has 0 aliphatic heterocycles. The second-order valence-electron chi connectivity index (χ2n) is 6.37. The normalized spacial score (nSPS) is 11.3. The minimum absolute atomic E-state index is 0.282. The van der Waals surface area contributed by atoms with Crippen molar-refractivity contribution in [1.82, 2.24) is 4.98 Å². The molecule has 1 heterocycles. The van der Waals surface area contributed by atoms with Gasteiger partial charge in [-0.15, -0.1) is 0 Å². The maximum atomic E-state index is 10.9. The van der Waals surface area contributed by atoms with Crippen LogP contribution in [0.15, 0.2) is 71.1 Å². The van der Waals surface area contributed by atoms with Gasteiger partial charge in [-0.05, 0) is 60.0 Å². The minimum atomic E-state index is -0.921. The van der Waals surface area contributed by atoms with Gasteiger partial charge in [-0.1, -0.05) is 42.5 Å². The third-order valence-electron chi connectivity index (χ3n) is 4.33. The fourth-order valence-electron chi connectivity index (χ4n) is 2.83. The van der Waals surface area contributed by atoms with Gasteiger partial charge in [0, 0.05) is 5.56 Å². The van der Waals surface area contributed by atoms with Crippen LogP contribution in [0.1, 0.15) is 27.0 Å². The van der Waals surface area contributed by atoms with Crippen molar-refractivity contribution in [3.8, 4) is 11.5 Å². The molecule has 0 radical (unpaired) electrons. The van der Waals surface area contributed by atoms with Gasteiger partial charge < -0.3 is 9.52 Å². The molecule has 0 spiro atoms. The van der Waals surface area contributed by atoms with E-state index in [1.54, 1.807) is 24.3 Å². The number of rotatable bonds is 4. The summed E-state index contributed by atoms with van der Waals surface area (Å²) in [4.78, 5) is 15.4. The number of fused-ring (bicyclic) bond motifs is 1. The molecule has 0 saturated carbocycles. The predicted octanol–water partition coefficient (Wildman–Crippen LogP) is 5.67. The summed E-state index contributed by atoms with van der Waals surface area (Å²) in [5.41, 5.74) is 5.98. The number of benzene rings is 3. The Hall–Kier alpha value is -3.66. The molecular formula is C23H17NO3. The first-order valence-electron chi connectivity index (χ1n) is 8.57. The Morgan fingerprint density at radius 2 is 1.56 bits per heavy atom. The minimum Gasteiger partial charge on any atom is -0.478 e. The van der Waals surface area contributed by atoms with Crippen LogP contribution in [0, 0.1) is 6.92 Å². The largest absolute Gasteiger partial charge is 0.478 e. The second-order valence-corrected chi connectivity index (χ2v) is 6.37. The lowest BCUT2D eigenvalue weighted by Gasteiger charge is -1.98. The molecule has 4 heteroatoms. The zero-order valence-electron chi connectivity index (χ0n) is 14.7. The van der Waals surface area contributed by atoms with E-state index in [1.807, 2.05) is 61.5 Å². The summed E-state index contributed by atoms with van der Waals surface area (Å²) in [5, 5.41) is 8.93. The van der Waals surface area contributed by atoms with Crippen LogP contribution in [0.3, 0.4) is 0 Å². The molecule has 0 fully saturated rings. The van der Waals surface area contributed by atoms with Gasteiger partial charge >= 0.3 is 5.97 Å². The molecule has 0 amide bonds. The van der Waals surface area contributed by atoms with Gasteiger partial charge in [0.05, 0.1) is 5.56 Å². The molecular weight excluding hydrogens is 338 g/mol. The van der Waals surface area contributed by atoms with Crippen molar-refractivity contribution in [3.63, 3.8) is 0 Å². The molecule has 27 heavy (non-hydrogen) atoms. The van der Waals surface area contributed by atoms with E-state index in [-0.39, 0.29) is 5.56 Å². The molecule has 4 aromatic rings. The average molecular weight is 355 g/mol. The Morgan fingerprint density at radius 1 is 0.926 bits per heavy atom. The van der Waals surface area contributed by atoms with Gasteiger partial charge in [0.25, 0.3) is 0 Å². The Morgan fingerprint density at radius 3 is 2.19 bits per heavy atom. The van der Waals surface area contributed by atoms with Crippen molar-refractivity contribution in [2.24, 2.45) is 0 Å². The number of carboxylic acid groups (broad SMARTS) is 1. The van der Waals surface area contributed by atoms with Crippen LogP contribution in [-0.2, 0) is 0 Å². The van der Waals surface area contributed by atoms with E-state index in [1.165, 1.54) is 0 Å². The number of aromatic carboxylic acids is 1. The van der Waals surface area contributed by atoms with Crippen molar-refractivity contribution in [3.05, 3.63) is 89.0 Å². The second kappa shape index (κ2) is 6.92. The summed E-state index contributed by atoms with van der Waals surface area (Å²) in [6.45, 7) is 2.03. The summed E-state index contributed by atoms with van der Waals surface area (Å²) < 4.78 is 5.83. The van der Waals surface area contributed by atoms with E-state index < -0.39 is 5.97 Å². The lowest BCUT2D eigenvalue weighted by atomic mass is 10.1. The molecule has 0 saturated heterocycles. The van der Waals surface area contributed by atoms with Crippen LogP contribution in [0.2, 0.25) is 0 Å². The van der Waals surface area contributed by atoms with Crippen molar-refractivity contribution in [2.45, 2.75) is 6.92 Å². The van der Waals surface area contributed by atoms with E-state index in [4.69, 9.17) is 9.52 Å². The fourth-order valence-corrected chi connectivity index (χ4v) is 2.83. The van der Waals surface area contributed by atoms with E-state index in [2.05, 4.69) is 4.98 Å². The molecule has 4 rings (SSSR count). The lowest BCUT2D eigenvalue weighted by Crippen LogP contribution is -1.94. The Labute approximate surface area is 156 Å². The Balaban J connectivity index is 1.53. The first-order chi connectivity index (χ1) is 13.1. The number of carbonyl (C=O) groups is 1. The van der Waals surface area contributed by atoms with Gasteiger partial charge in [0.15, 0.2) is 5.58 Å². The zero-order chi connectivity index (χ0) is 18.8. The van der Waals surface area contributed by atoms with Gasteiger partial charge in [-0.2, -0.15) is 0 Å². The van der Waals surface area contributed by atoms with Gasteiger partial charge in [0.2, 0.25) is 5.89 Å². The molecule has 0 aliphatic carbocycles. The van der Waals surface area contributed by atoms with Crippen molar-refractivity contribution in [2.75, 3.05) is 0 Å². The zero-order valence-corrected chi connectivity index (χ0v) is 14.7. The maximum absolute atomic E-state index is 10.9. The lowest BCUT2D eigenvalue weighted by molar-refractivity contribution is 0.0697. The van der Waals surface area contributed by atoms with Crippen molar-refractivity contribution >= 4 is 29.2 Å². The molecule has 0 aliphatic rings. The number of aryl methyl sites for hydroxylation is 1. The number of hydrogen-bond donors (Lipinski definition) is 1. The number of aromatic nitrogens is 1. The highest BCUT2D eigenvalue weighted by Gasteiger charge is 2.08. The number of oxazole rings is 1. The number of hydrogen-bond acceptors (Lipinski definition) is 3. The third kappa shape index (κ3) is 3.65. The van der Waals surface area contributed by atoms with Crippen LogP contribution >= 0.6 is 0 Å². The SMILES string of the molecule is Cc1ccc2oc(-c3ccc(/C=C/c4ccc(C(=O)O)cc4)cc3)nc2c1. The molecule has 0 atom stereocenters. The van der Waals surface area contributed by atoms with Crippen molar-refractivity contribution in [1.29, 1.82) is 0 Å². The molecule has 132 valence electrons. The maximum Gasteiger partial charge on any atom is 0.335 e. The van der Waals surface area contributed by atoms with E-state index in [9.17, 15) is 4.79 Å². The smallest absolute Gasteiger partial charge is 0.335 e. The molecule has 1 aromatic heterocycles.